The largest absolute Gasteiger partial charge is 0.378 e. The number of nitrogens with one attached hydrogen (secondary N) is 1. The number of methoxy groups -OCH3 is 1. The molecule has 1 saturated heterocycles. The lowest BCUT2D eigenvalue weighted by Crippen LogP contribution is -2.44. The molecule has 2 unspecified atom stereocenters. The summed E-state index contributed by atoms with van der Waals surface area (Å²) in [5.74, 6) is 0. The van der Waals surface area contributed by atoms with Crippen LogP contribution < -0.4 is 5.32 Å². The first-order chi connectivity index (χ1) is 9.69. The van der Waals surface area contributed by atoms with E-state index in [0.717, 1.165) is 37.4 Å². The van der Waals surface area contributed by atoms with Crippen LogP contribution in [-0.4, -0.2) is 32.5 Å². The Morgan fingerprint density at radius 1 is 1.40 bits per heavy atom. The minimum atomic E-state index is -0.168. The van der Waals surface area contributed by atoms with E-state index >= 15 is 0 Å². The van der Waals surface area contributed by atoms with Crippen molar-refractivity contribution in [2.24, 2.45) is 0 Å². The van der Waals surface area contributed by atoms with Crippen molar-refractivity contribution >= 4 is 11.6 Å². The van der Waals surface area contributed by atoms with Gasteiger partial charge in [0.2, 0.25) is 0 Å². The van der Waals surface area contributed by atoms with Crippen LogP contribution in [0.4, 0.5) is 0 Å². The Morgan fingerprint density at radius 3 is 2.70 bits per heavy atom. The molecule has 0 aliphatic carbocycles. The molecule has 112 valence electrons. The predicted octanol–water partition coefficient (Wildman–Crippen LogP) is 3.58. The van der Waals surface area contributed by atoms with Crippen LogP contribution in [0.15, 0.2) is 24.3 Å². The Bertz CT molecular complexity index is 401. The average molecular weight is 298 g/mol. The number of hydrogen-bond donors (Lipinski definition) is 1. The molecule has 1 heterocycles. The van der Waals surface area contributed by atoms with Gasteiger partial charge in [0, 0.05) is 37.7 Å². The smallest absolute Gasteiger partial charge is 0.106 e. The third kappa shape index (κ3) is 3.95. The lowest BCUT2D eigenvalue weighted by atomic mass is 9.99. The molecule has 1 aliphatic rings. The third-order valence-electron chi connectivity index (χ3n) is 4.02. The fourth-order valence-corrected chi connectivity index (χ4v) is 2.77. The van der Waals surface area contributed by atoms with Crippen molar-refractivity contribution in [2.75, 3.05) is 26.9 Å². The molecule has 1 aromatic carbocycles. The third-order valence-corrected chi connectivity index (χ3v) is 4.27. The van der Waals surface area contributed by atoms with Gasteiger partial charge in [0.15, 0.2) is 0 Å². The zero-order valence-electron chi connectivity index (χ0n) is 12.3. The fraction of sp³-hybridized carbons (Fsp3) is 0.625. The molecule has 1 aliphatic heterocycles. The van der Waals surface area contributed by atoms with Gasteiger partial charge in [-0.1, -0.05) is 37.1 Å². The summed E-state index contributed by atoms with van der Waals surface area (Å²) in [6.07, 6.45) is 3.19. The van der Waals surface area contributed by atoms with E-state index in [1.807, 2.05) is 12.1 Å². The number of ether oxygens (including phenoxy) is 2. The summed E-state index contributed by atoms with van der Waals surface area (Å²) >= 11 is 5.96. The van der Waals surface area contributed by atoms with Crippen molar-refractivity contribution in [3.8, 4) is 0 Å². The summed E-state index contributed by atoms with van der Waals surface area (Å²) in [6, 6.07) is 8.43. The second-order valence-electron chi connectivity index (χ2n) is 5.46. The number of benzene rings is 1. The summed E-state index contributed by atoms with van der Waals surface area (Å²) in [5.41, 5.74) is 1.11. The van der Waals surface area contributed by atoms with Crippen LogP contribution in [-0.2, 0) is 9.47 Å². The Kier molecular flexibility index (Phi) is 5.85. The van der Waals surface area contributed by atoms with Gasteiger partial charge in [-0.2, -0.15) is 0 Å². The monoisotopic (exact) mass is 297 g/mol. The second kappa shape index (κ2) is 7.41. The minimum Gasteiger partial charge on any atom is -0.378 e. The summed E-state index contributed by atoms with van der Waals surface area (Å²) in [4.78, 5) is 0. The fourth-order valence-electron chi connectivity index (χ4n) is 2.64. The van der Waals surface area contributed by atoms with E-state index in [2.05, 4.69) is 24.4 Å². The SMILES string of the molecule is CCCC(NCC1(OC)CCOC1)c1ccc(Cl)cc1. The van der Waals surface area contributed by atoms with Crippen LogP contribution in [0, 0.1) is 0 Å². The van der Waals surface area contributed by atoms with Crippen LogP contribution >= 0.6 is 11.6 Å². The van der Waals surface area contributed by atoms with Crippen LogP contribution in [0.25, 0.3) is 0 Å². The summed E-state index contributed by atoms with van der Waals surface area (Å²) in [6.45, 7) is 4.48. The van der Waals surface area contributed by atoms with Gasteiger partial charge in [-0.25, -0.2) is 0 Å². The molecule has 0 saturated carbocycles. The summed E-state index contributed by atoms with van der Waals surface area (Å²) in [5, 5.41) is 4.42. The summed E-state index contributed by atoms with van der Waals surface area (Å²) in [7, 11) is 1.77. The summed E-state index contributed by atoms with van der Waals surface area (Å²) < 4.78 is 11.2. The maximum Gasteiger partial charge on any atom is 0.106 e. The van der Waals surface area contributed by atoms with Crippen LogP contribution in [0.3, 0.4) is 0 Å². The van der Waals surface area contributed by atoms with E-state index in [0.29, 0.717) is 12.6 Å². The Morgan fingerprint density at radius 2 is 2.15 bits per heavy atom. The highest BCUT2D eigenvalue weighted by Gasteiger charge is 2.35. The van der Waals surface area contributed by atoms with Crippen LogP contribution in [0.1, 0.15) is 37.8 Å². The zero-order chi connectivity index (χ0) is 14.4. The van der Waals surface area contributed by atoms with Gasteiger partial charge >= 0.3 is 0 Å². The second-order valence-corrected chi connectivity index (χ2v) is 5.90. The maximum atomic E-state index is 5.96. The van der Waals surface area contributed by atoms with Gasteiger partial charge in [-0.15, -0.1) is 0 Å². The minimum absolute atomic E-state index is 0.168. The van der Waals surface area contributed by atoms with Crippen molar-refractivity contribution < 1.29 is 9.47 Å². The lowest BCUT2D eigenvalue weighted by molar-refractivity contribution is -0.0177. The van der Waals surface area contributed by atoms with Gasteiger partial charge in [0.25, 0.3) is 0 Å². The van der Waals surface area contributed by atoms with E-state index in [4.69, 9.17) is 21.1 Å². The molecule has 3 nitrogen and oxygen atoms in total. The topological polar surface area (TPSA) is 30.5 Å². The predicted molar refractivity (Wildman–Crippen MR) is 82.3 cm³/mol. The van der Waals surface area contributed by atoms with Crippen LogP contribution in [0.2, 0.25) is 5.02 Å². The molecule has 2 atom stereocenters. The van der Waals surface area contributed by atoms with Crippen molar-refractivity contribution in [3.63, 3.8) is 0 Å². The van der Waals surface area contributed by atoms with Gasteiger partial charge in [0.05, 0.1) is 6.61 Å². The number of halogens is 1. The van der Waals surface area contributed by atoms with Crippen molar-refractivity contribution in [2.45, 2.75) is 37.8 Å². The van der Waals surface area contributed by atoms with Gasteiger partial charge in [0.1, 0.15) is 5.60 Å². The van der Waals surface area contributed by atoms with Crippen LogP contribution in [0.5, 0.6) is 0 Å². The molecule has 2 rings (SSSR count). The van der Waals surface area contributed by atoms with E-state index < -0.39 is 0 Å². The highest BCUT2D eigenvalue weighted by Crippen LogP contribution is 2.25. The first-order valence-corrected chi connectivity index (χ1v) is 7.68. The molecule has 0 amide bonds. The van der Waals surface area contributed by atoms with E-state index in [1.54, 1.807) is 7.11 Å². The van der Waals surface area contributed by atoms with E-state index in [-0.39, 0.29) is 5.60 Å². The molecule has 0 spiro atoms. The Hall–Kier alpha value is -0.610. The highest BCUT2D eigenvalue weighted by molar-refractivity contribution is 6.30. The molecule has 0 radical (unpaired) electrons. The highest BCUT2D eigenvalue weighted by atomic mass is 35.5. The first kappa shape index (κ1) is 15.8. The first-order valence-electron chi connectivity index (χ1n) is 7.31. The molecule has 1 N–H and O–H groups in total. The Balaban J connectivity index is 2.00. The normalized spacial score (nSPS) is 23.9. The molecule has 0 bridgehead atoms. The van der Waals surface area contributed by atoms with Crippen molar-refractivity contribution in [1.82, 2.24) is 5.32 Å². The van der Waals surface area contributed by atoms with Crippen molar-refractivity contribution in [3.05, 3.63) is 34.9 Å². The van der Waals surface area contributed by atoms with Gasteiger partial charge in [-0.05, 0) is 24.1 Å². The molecular weight excluding hydrogens is 274 g/mol. The molecule has 1 aromatic rings. The molecular formula is C16H24ClNO2. The quantitative estimate of drug-likeness (QED) is 0.834. The van der Waals surface area contributed by atoms with Crippen molar-refractivity contribution in [1.29, 1.82) is 0 Å². The molecule has 0 aromatic heterocycles. The molecule has 1 fully saturated rings. The standard InChI is InChI=1S/C16H24ClNO2/c1-3-4-15(13-5-7-14(17)8-6-13)18-11-16(19-2)9-10-20-12-16/h5-8,15,18H,3-4,9-12H2,1-2H3. The maximum absolute atomic E-state index is 5.96. The van der Waals surface area contributed by atoms with E-state index in [1.165, 1.54) is 5.56 Å². The number of hydrogen-bond acceptors (Lipinski definition) is 3. The zero-order valence-corrected chi connectivity index (χ0v) is 13.1. The number of rotatable bonds is 7. The Labute approximate surface area is 126 Å². The molecule has 20 heavy (non-hydrogen) atoms. The van der Waals surface area contributed by atoms with Gasteiger partial charge in [-0.3, -0.25) is 0 Å². The van der Waals surface area contributed by atoms with Gasteiger partial charge < -0.3 is 14.8 Å². The lowest BCUT2D eigenvalue weighted by Gasteiger charge is -2.29. The molecule has 4 heteroatoms. The average Bonchev–Trinajstić information content (AvgIpc) is 2.94. The van der Waals surface area contributed by atoms with E-state index in [9.17, 15) is 0 Å².